The van der Waals surface area contributed by atoms with Crippen molar-refractivity contribution in [3.05, 3.63) is 67.8 Å². The van der Waals surface area contributed by atoms with Gasteiger partial charge < -0.3 is 4.74 Å². The molecule has 0 amide bonds. The molecule has 0 saturated carbocycles. The van der Waals surface area contributed by atoms with E-state index in [0.29, 0.717) is 11.3 Å². The van der Waals surface area contributed by atoms with E-state index in [-0.39, 0.29) is 17.7 Å². The van der Waals surface area contributed by atoms with Crippen molar-refractivity contribution in [2.75, 3.05) is 0 Å². The average Bonchev–Trinajstić information content (AvgIpc) is 2.61. The molecule has 0 aromatic heterocycles. The molecule has 0 spiro atoms. The second-order valence-corrected chi connectivity index (χ2v) is 4.66. The number of carbonyl (C=O) groups excluding carboxylic acids is 1. The van der Waals surface area contributed by atoms with E-state index in [1.165, 1.54) is 0 Å². The normalized spacial score (nSPS) is 12.6. The lowest BCUT2D eigenvalue weighted by atomic mass is 10.0. The van der Waals surface area contributed by atoms with Crippen LogP contribution in [0.15, 0.2) is 36.4 Å². The monoisotopic (exact) mass is 300 g/mol. The zero-order valence-electron chi connectivity index (χ0n) is 11.0. The fourth-order valence-electron chi connectivity index (χ4n) is 2.33. The number of ketones is 1. The Bertz CT molecular complexity index is 830. The largest absolute Gasteiger partial charge is 0.456 e. The first-order chi connectivity index (χ1) is 10.5. The molecule has 0 fully saturated rings. The van der Waals surface area contributed by atoms with Gasteiger partial charge in [-0.15, -0.1) is 0 Å². The van der Waals surface area contributed by atoms with Gasteiger partial charge in [0.25, 0.3) is 11.4 Å². The number of ether oxygens (including phenoxy) is 1. The van der Waals surface area contributed by atoms with Crippen LogP contribution in [0.2, 0.25) is 0 Å². The van der Waals surface area contributed by atoms with Crippen molar-refractivity contribution in [3.8, 4) is 11.5 Å². The summed E-state index contributed by atoms with van der Waals surface area (Å²) in [6.45, 7) is 0. The number of non-ortho nitro benzene ring substituents is 1. The lowest BCUT2D eigenvalue weighted by Crippen LogP contribution is -2.07. The van der Waals surface area contributed by atoms with E-state index in [0.717, 1.165) is 12.1 Å². The molecule has 0 bridgehead atoms. The van der Waals surface area contributed by atoms with Crippen LogP contribution in [0.5, 0.6) is 11.5 Å². The summed E-state index contributed by atoms with van der Waals surface area (Å²) in [5, 5.41) is 22.1. The maximum atomic E-state index is 12.3. The Morgan fingerprint density at radius 3 is 2.41 bits per heavy atom. The molecule has 0 unspecified atom stereocenters. The van der Waals surface area contributed by atoms with E-state index in [1.807, 2.05) is 0 Å². The van der Waals surface area contributed by atoms with Crippen molar-refractivity contribution in [2.45, 2.75) is 6.42 Å². The lowest BCUT2D eigenvalue weighted by Gasteiger charge is -2.08. The zero-order valence-corrected chi connectivity index (χ0v) is 11.0. The van der Waals surface area contributed by atoms with Crippen LogP contribution in [0, 0.1) is 20.2 Å². The molecular formula is C14H8N2O6. The molecule has 2 aromatic carbocycles. The van der Waals surface area contributed by atoms with Gasteiger partial charge in [0, 0.05) is 12.0 Å². The molecule has 110 valence electrons. The topological polar surface area (TPSA) is 113 Å². The van der Waals surface area contributed by atoms with E-state index in [2.05, 4.69) is 0 Å². The van der Waals surface area contributed by atoms with Crippen LogP contribution in [0.25, 0.3) is 0 Å². The van der Waals surface area contributed by atoms with Gasteiger partial charge in [0.15, 0.2) is 11.5 Å². The number of nitrogens with zero attached hydrogens (tertiary/aromatic N) is 2. The number of nitro benzene ring substituents is 2. The molecule has 0 aliphatic carbocycles. The number of Topliss-reactive ketones (excluding diaryl/α,β-unsaturated/α-hetero) is 1. The third kappa shape index (κ3) is 2.16. The number of rotatable bonds is 2. The highest BCUT2D eigenvalue weighted by molar-refractivity contribution is 6.05. The molecular weight excluding hydrogens is 292 g/mol. The Balaban J connectivity index is 2.28. The molecule has 0 radical (unpaired) electrons. The Kier molecular flexibility index (Phi) is 3.06. The first kappa shape index (κ1) is 13.7. The third-order valence-electron chi connectivity index (χ3n) is 3.30. The summed E-state index contributed by atoms with van der Waals surface area (Å²) in [5.74, 6) is -0.332. The average molecular weight is 300 g/mol. The fourth-order valence-corrected chi connectivity index (χ4v) is 2.33. The lowest BCUT2D eigenvalue weighted by molar-refractivity contribution is -0.394. The summed E-state index contributed by atoms with van der Waals surface area (Å²) in [4.78, 5) is 32.8. The number of benzene rings is 2. The number of hydrogen-bond donors (Lipinski definition) is 0. The summed E-state index contributed by atoms with van der Waals surface area (Å²) in [6, 6.07) is 8.46. The van der Waals surface area contributed by atoms with E-state index in [1.54, 1.807) is 24.3 Å². The van der Waals surface area contributed by atoms with Gasteiger partial charge in [-0.2, -0.15) is 0 Å². The molecule has 0 atom stereocenters. The minimum atomic E-state index is -0.816. The van der Waals surface area contributed by atoms with Crippen molar-refractivity contribution >= 4 is 17.2 Å². The summed E-state index contributed by atoms with van der Waals surface area (Å²) >= 11 is 0. The predicted molar refractivity (Wildman–Crippen MR) is 74.3 cm³/mol. The molecule has 0 saturated heterocycles. The van der Waals surface area contributed by atoms with Gasteiger partial charge >= 0.3 is 0 Å². The molecule has 2 aromatic rings. The number of carbonyl (C=O) groups is 1. The van der Waals surface area contributed by atoms with Crippen LogP contribution >= 0.6 is 0 Å². The van der Waals surface area contributed by atoms with Crippen LogP contribution in [0.3, 0.4) is 0 Å². The molecule has 1 aliphatic heterocycles. The Morgan fingerprint density at radius 1 is 1.00 bits per heavy atom. The van der Waals surface area contributed by atoms with Crippen molar-refractivity contribution in [2.24, 2.45) is 0 Å². The van der Waals surface area contributed by atoms with Gasteiger partial charge in [-0.1, -0.05) is 18.2 Å². The van der Waals surface area contributed by atoms with Crippen LogP contribution < -0.4 is 4.74 Å². The highest BCUT2D eigenvalue weighted by atomic mass is 16.6. The molecule has 8 heteroatoms. The zero-order chi connectivity index (χ0) is 15.9. The molecule has 22 heavy (non-hydrogen) atoms. The molecule has 0 N–H and O–H groups in total. The summed E-state index contributed by atoms with van der Waals surface area (Å²) in [6.07, 6.45) is -0.0676. The first-order valence-corrected chi connectivity index (χ1v) is 6.23. The smallest absolute Gasteiger partial charge is 0.290 e. The minimum Gasteiger partial charge on any atom is -0.456 e. The van der Waals surface area contributed by atoms with Gasteiger partial charge in [-0.05, 0) is 6.07 Å². The minimum absolute atomic E-state index is 0.0676. The quantitative estimate of drug-likeness (QED) is 0.622. The maximum Gasteiger partial charge on any atom is 0.290 e. The van der Waals surface area contributed by atoms with E-state index < -0.39 is 27.0 Å². The second-order valence-electron chi connectivity index (χ2n) is 4.66. The predicted octanol–water partition coefficient (Wildman–Crippen LogP) is 3.03. The Labute approximate surface area is 123 Å². The van der Waals surface area contributed by atoms with Crippen molar-refractivity contribution < 1.29 is 19.4 Å². The van der Waals surface area contributed by atoms with Crippen molar-refractivity contribution in [3.63, 3.8) is 0 Å². The summed E-state index contributed by atoms with van der Waals surface area (Å²) < 4.78 is 5.52. The maximum absolute atomic E-state index is 12.3. The van der Waals surface area contributed by atoms with E-state index >= 15 is 0 Å². The van der Waals surface area contributed by atoms with Crippen molar-refractivity contribution in [1.82, 2.24) is 0 Å². The SMILES string of the molecule is O=C1Cc2ccccc2Oc2cc([N+](=O)[O-])cc([N+](=O)[O-])c21. The third-order valence-corrected chi connectivity index (χ3v) is 3.30. The molecule has 3 rings (SSSR count). The van der Waals surface area contributed by atoms with Crippen molar-refractivity contribution in [1.29, 1.82) is 0 Å². The summed E-state index contributed by atoms with van der Waals surface area (Å²) in [5.41, 5.74) is -0.799. The van der Waals surface area contributed by atoms with E-state index in [4.69, 9.17) is 4.74 Å². The van der Waals surface area contributed by atoms with Gasteiger partial charge in [-0.25, -0.2) is 0 Å². The number of para-hydroxylation sites is 1. The number of nitro groups is 2. The molecule has 1 aliphatic rings. The molecule has 8 nitrogen and oxygen atoms in total. The number of hydrogen-bond acceptors (Lipinski definition) is 6. The summed E-state index contributed by atoms with van der Waals surface area (Å²) in [7, 11) is 0. The van der Waals surface area contributed by atoms with Crippen LogP contribution in [-0.4, -0.2) is 15.6 Å². The van der Waals surface area contributed by atoms with Crippen LogP contribution in [0.4, 0.5) is 11.4 Å². The van der Waals surface area contributed by atoms with Crippen LogP contribution in [0.1, 0.15) is 15.9 Å². The Hall–Kier alpha value is -3.29. The first-order valence-electron chi connectivity index (χ1n) is 6.23. The fraction of sp³-hybridized carbons (Fsp3) is 0.0714. The van der Waals surface area contributed by atoms with Gasteiger partial charge in [0.2, 0.25) is 0 Å². The van der Waals surface area contributed by atoms with Gasteiger partial charge in [-0.3, -0.25) is 25.0 Å². The molecule has 1 heterocycles. The number of fused-ring (bicyclic) bond motifs is 2. The van der Waals surface area contributed by atoms with Gasteiger partial charge in [0.1, 0.15) is 11.3 Å². The second kappa shape index (κ2) is 4.92. The Morgan fingerprint density at radius 2 is 1.73 bits per heavy atom. The van der Waals surface area contributed by atoms with E-state index in [9.17, 15) is 25.0 Å². The van der Waals surface area contributed by atoms with Crippen LogP contribution in [-0.2, 0) is 6.42 Å². The highest BCUT2D eigenvalue weighted by Crippen LogP contribution is 2.40. The van der Waals surface area contributed by atoms with Gasteiger partial charge in [0.05, 0.1) is 22.0 Å². The standard InChI is InChI=1S/C14H8N2O6/c17-11-5-8-3-1-2-4-12(8)22-13-7-9(15(18)19)6-10(14(11)13)16(20)21/h1-4,6-7H,5H2. The highest BCUT2D eigenvalue weighted by Gasteiger charge is 2.32.